The average Bonchev–Trinajstić information content (AvgIpc) is 2.78. The second-order valence-corrected chi connectivity index (χ2v) is 7.36. The van der Waals surface area contributed by atoms with Crippen molar-refractivity contribution < 1.29 is 4.79 Å². The number of fused-ring (bicyclic) bond motifs is 1. The van der Waals surface area contributed by atoms with Crippen molar-refractivity contribution in [3.63, 3.8) is 0 Å². The smallest absolute Gasteiger partial charge is 0.324 e. The van der Waals surface area contributed by atoms with E-state index in [9.17, 15) is 14.4 Å². The zero-order chi connectivity index (χ0) is 22.0. The van der Waals surface area contributed by atoms with E-state index >= 15 is 0 Å². The summed E-state index contributed by atoms with van der Waals surface area (Å²) in [5.41, 5.74) is 1.23. The first kappa shape index (κ1) is 20.5. The molecular weight excluding hydrogens is 418 g/mol. The van der Waals surface area contributed by atoms with Gasteiger partial charge in [-0.15, -0.1) is 0 Å². The Morgan fingerprint density at radius 1 is 1.06 bits per heavy atom. The quantitative estimate of drug-likeness (QED) is 0.519. The average molecular weight is 436 g/mol. The van der Waals surface area contributed by atoms with Crippen molar-refractivity contribution in [2.24, 2.45) is 0 Å². The summed E-state index contributed by atoms with van der Waals surface area (Å²) in [6.45, 7) is 1.52. The van der Waals surface area contributed by atoms with Gasteiger partial charge in [-0.25, -0.2) is 9.78 Å². The van der Waals surface area contributed by atoms with Crippen LogP contribution in [0.1, 0.15) is 11.1 Å². The Bertz CT molecular complexity index is 1400. The summed E-state index contributed by atoms with van der Waals surface area (Å²) >= 11 is 6.12. The van der Waals surface area contributed by atoms with Crippen LogP contribution in [0.3, 0.4) is 0 Å². The van der Waals surface area contributed by atoms with Crippen LogP contribution in [0.4, 0.5) is 5.69 Å². The van der Waals surface area contributed by atoms with E-state index in [0.29, 0.717) is 16.3 Å². The number of hydrogen-bond donors (Lipinski definition) is 1. The lowest BCUT2D eigenvalue weighted by molar-refractivity contribution is -0.116. The van der Waals surface area contributed by atoms with Crippen LogP contribution in [0.15, 0.2) is 70.6 Å². The largest absolute Gasteiger partial charge is 0.332 e. The number of anilines is 1. The second-order valence-electron chi connectivity index (χ2n) is 6.95. The van der Waals surface area contributed by atoms with Crippen molar-refractivity contribution in [1.82, 2.24) is 19.1 Å². The third-order valence-corrected chi connectivity index (χ3v) is 5.30. The molecule has 156 valence electrons. The topological polar surface area (TPSA) is 98.9 Å². The van der Waals surface area contributed by atoms with Gasteiger partial charge in [-0.05, 0) is 48.4 Å². The Kier molecular flexibility index (Phi) is 5.64. The minimum absolute atomic E-state index is 0.0209. The summed E-state index contributed by atoms with van der Waals surface area (Å²) in [4.78, 5) is 47.0. The van der Waals surface area contributed by atoms with Gasteiger partial charge in [-0.2, -0.15) is 0 Å². The van der Waals surface area contributed by atoms with Gasteiger partial charge < -0.3 is 5.32 Å². The summed E-state index contributed by atoms with van der Waals surface area (Å²) in [6, 6.07) is 11.9. The van der Waals surface area contributed by atoms with Crippen LogP contribution in [0, 0.1) is 6.92 Å². The van der Waals surface area contributed by atoms with Crippen LogP contribution in [0.2, 0.25) is 5.02 Å². The van der Waals surface area contributed by atoms with Crippen molar-refractivity contribution in [2.75, 3.05) is 5.32 Å². The van der Waals surface area contributed by atoms with Gasteiger partial charge in [0.1, 0.15) is 6.54 Å². The van der Waals surface area contributed by atoms with Crippen molar-refractivity contribution >= 4 is 34.2 Å². The van der Waals surface area contributed by atoms with E-state index in [1.807, 2.05) is 0 Å². The Morgan fingerprint density at radius 2 is 1.87 bits per heavy atom. The maximum absolute atomic E-state index is 13.2. The van der Waals surface area contributed by atoms with Crippen molar-refractivity contribution in [3.8, 4) is 0 Å². The Labute approximate surface area is 181 Å². The number of benzene rings is 1. The molecule has 0 radical (unpaired) electrons. The molecule has 1 amide bonds. The first-order valence-electron chi connectivity index (χ1n) is 9.48. The minimum atomic E-state index is -0.604. The molecule has 0 atom stereocenters. The van der Waals surface area contributed by atoms with E-state index < -0.39 is 17.2 Å². The highest BCUT2D eigenvalue weighted by atomic mass is 35.5. The molecule has 0 aliphatic heterocycles. The summed E-state index contributed by atoms with van der Waals surface area (Å²) in [6.07, 6.45) is 4.66. The molecule has 31 heavy (non-hydrogen) atoms. The zero-order valence-corrected chi connectivity index (χ0v) is 17.3. The lowest BCUT2D eigenvalue weighted by Crippen LogP contribution is -2.42. The van der Waals surface area contributed by atoms with Crippen LogP contribution in [0.5, 0.6) is 0 Å². The highest BCUT2D eigenvalue weighted by molar-refractivity contribution is 6.31. The molecule has 0 bridgehead atoms. The van der Waals surface area contributed by atoms with Crippen molar-refractivity contribution in [1.29, 1.82) is 0 Å². The fourth-order valence-electron chi connectivity index (χ4n) is 3.29. The van der Waals surface area contributed by atoms with Crippen LogP contribution in [0.25, 0.3) is 11.0 Å². The molecular formula is C22H18ClN5O3. The predicted molar refractivity (Wildman–Crippen MR) is 118 cm³/mol. The number of hydrogen-bond acceptors (Lipinski definition) is 5. The number of carbonyl (C=O) groups excluding carboxylic acids is 1. The number of aromatic nitrogens is 4. The summed E-state index contributed by atoms with van der Waals surface area (Å²) in [5.74, 6) is -0.427. The van der Waals surface area contributed by atoms with Crippen LogP contribution < -0.4 is 16.6 Å². The third-order valence-electron chi connectivity index (χ3n) is 4.89. The molecule has 3 heterocycles. The lowest BCUT2D eigenvalue weighted by Gasteiger charge is -2.14. The van der Waals surface area contributed by atoms with Crippen LogP contribution >= 0.6 is 11.6 Å². The van der Waals surface area contributed by atoms with E-state index in [0.717, 1.165) is 10.1 Å². The van der Waals surface area contributed by atoms with E-state index in [1.54, 1.807) is 61.8 Å². The fourth-order valence-corrected chi connectivity index (χ4v) is 3.46. The number of amides is 1. The molecule has 0 aliphatic rings. The molecule has 4 rings (SSSR count). The van der Waals surface area contributed by atoms with Gasteiger partial charge in [0.05, 0.1) is 12.1 Å². The monoisotopic (exact) mass is 435 g/mol. The molecule has 9 heteroatoms. The van der Waals surface area contributed by atoms with Gasteiger partial charge in [0, 0.05) is 29.3 Å². The van der Waals surface area contributed by atoms with Crippen LogP contribution in [-0.2, 0) is 17.9 Å². The van der Waals surface area contributed by atoms with E-state index in [1.165, 1.54) is 10.8 Å². The number of rotatable bonds is 5. The Balaban J connectivity index is 1.76. The van der Waals surface area contributed by atoms with E-state index in [4.69, 9.17) is 11.6 Å². The number of nitrogens with one attached hydrogen (secondary N) is 1. The number of pyridine rings is 2. The Hall–Kier alpha value is -3.78. The van der Waals surface area contributed by atoms with Gasteiger partial charge in [0.15, 0.2) is 5.52 Å². The van der Waals surface area contributed by atoms with Gasteiger partial charge in [-0.1, -0.05) is 23.7 Å². The van der Waals surface area contributed by atoms with Gasteiger partial charge in [0.2, 0.25) is 5.91 Å². The molecule has 0 saturated carbocycles. The van der Waals surface area contributed by atoms with Crippen LogP contribution in [-0.4, -0.2) is 25.0 Å². The van der Waals surface area contributed by atoms with Gasteiger partial charge in [0.25, 0.3) is 5.56 Å². The molecule has 1 N–H and O–H groups in total. The maximum atomic E-state index is 13.2. The maximum Gasteiger partial charge on any atom is 0.332 e. The highest BCUT2D eigenvalue weighted by Gasteiger charge is 2.17. The molecule has 8 nitrogen and oxygen atoms in total. The van der Waals surface area contributed by atoms with Gasteiger partial charge in [-0.3, -0.25) is 23.7 Å². The molecule has 0 aliphatic carbocycles. The van der Waals surface area contributed by atoms with Crippen molar-refractivity contribution in [2.45, 2.75) is 20.0 Å². The van der Waals surface area contributed by atoms with E-state index in [2.05, 4.69) is 15.3 Å². The van der Waals surface area contributed by atoms with Gasteiger partial charge >= 0.3 is 5.69 Å². The molecule has 0 unspecified atom stereocenters. The minimum Gasteiger partial charge on any atom is -0.324 e. The number of nitrogens with zero attached hydrogens (tertiary/aromatic N) is 4. The summed E-state index contributed by atoms with van der Waals surface area (Å²) < 4.78 is 2.31. The first-order chi connectivity index (χ1) is 15.0. The first-order valence-corrected chi connectivity index (χ1v) is 9.85. The second kappa shape index (κ2) is 8.53. The predicted octanol–water partition coefficient (Wildman–Crippen LogP) is 2.60. The third kappa shape index (κ3) is 4.10. The summed E-state index contributed by atoms with van der Waals surface area (Å²) in [5, 5.41) is 3.30. The Morgan fingerprint density at radius 3 is 2.65 bits per heavy atom. The number of carbonyl (C=O) groups is 1. The molecule has 4 aromatic rings. The molecule has 1 aromatic carbocycles. The van der Waals surface area contributed by atoms with Crippen molar-refractivity contribution in [3.05, 3.63) is 98.0 Å². The lowest BCUT2D eigenvalue weighted by atomic mass is 10.2. The normalized spacial score (nSPS) is 10.9. The zero-order valence-electron chi connectivity index (χ0n) is 16.6. The van der Waals surface area contributed by atoms with E-state index in [-0.39, 0.29) is 24.1 Å². The SMILES string of the molecule is Cc1c(Cl)cccc1NC(=O)Cn1c(=O)n(Cc2cccnc2)c(=O)c2ncccc21. The standard InChI is InChI=1S/C22H18ClN5O3/c1-14-16(23)6-2-7-17(14)26-19(29)13-27-18-8-4-10-25-20(18)21(30)28(22(27)31)12-15-5-3-9-24-11-15/h2-11H,12-13H2,1H3,(H,26,29). The number of halogens is 1. The molecule has 0 spiro atoms. The fraction of sp³-hybridized carbons (Fsp3) is 0.136. The molecule has 0 fully saturated rings. The molecule has 0 saturated heterocycles. The molecule has 3 aromatic heterocycles. The summed E-state index contributed by atoms with van der Waals surface area (Å²) in [7, 11) is 0. The highest BCUT2D eigenvalue weighted by Crippen LogP contribution is 2.22.